The van der Waals surface area contributed by atoms with Crippen molar-refractivity contribution in [1.82, 2.24) is 0 Å². The number of carbonyl (C=O) groups excluding carboxylic acids is 1. The predicted molar refractivity (Wildman–Crippen MR) is 68.9 cm³/mol. The molecule has 7 nitrogen and oxygen atoms in total. The number of rotatable bonds is 11. The molecule has 0 aromatic carbocycles. The first-order chi connectivity index (χ1) is 9.18. The van der Waals surface area contributed by atoms with Crippen molar-refractivity contribution >= 4 is 5.97 Å². The Hall–Kier alpha value is -0.730. The molecule has 0 unspecified atom stereocenters. The van der Waals surface area contributed by atoms with E-state index in [1.54, 1.807) is 6.92 Å². The Bertz CT molecular complexity index is 165. The van der Waals surface area contributed by atoms with Gasteiger partial charge in [-0.05, 0) is 6.92 Å². The number of aliphatic hydroxyl groups excluding tert-OH is 2. The number of ether oxygens (including phenoxy) is 4. The molecule has 0 aromatic heterocycles. The van der Waals surface area contributed by atoms with Crippen LogP contribution in [0.25, 0.3) is 0 Å². The Morgan fingerprint density at radius 1 is 0.842 bits per heavy atom. The molecule has 0 aliphatic heterocycles. The highest BCUT2D eigenvalue weighted by atomic mass is 16.5. The van der Waals surface area contributed by atoms with Gasteiger partial charge in [-0.15, -0.1) is 0 Å². The average Bonchev–Trinajstić information content (AvgIpc) is 2.37. The highest BCUT2D eigenvalue weighted by molar-refractivity contribution is 5.65. The van der Waals surface area contributed by atoms with Gasteiger partial charge < -0.3 is 29.2 Å². The summed E-state index contributed by atoms with van der Waals surface area (Å²) in [4.78, 5) is 9.82. The lowest BCUT2D eigenvalue weighted by molar-refractivity contribution is -0.140. The molecule has 0 radical (unpaired) electrons. The summed E-state index contributed by atoms with van der Waals surface area (Å²) in [5.41, 5.74) is 0. The van der Waals surface area contributed by atoms with Gasteiger partial charge in [0.2, 0.25) is 0 Å². The third kappa shape index (κ3) is 26.7. The number of esters is 1. The lowest BCUT2D eigenvalue weighted by Crippen LogP contribution is -2.11. The largest absolute Gasteiger partial charge is 0.466 e. The van der Waals surface area contributed by atoms with Crippen LogP contribution in [0.1, 0.15) is 13.8 Å². The summed E-state index contributed by atoms with van der Waals surface area (Å²) in [6.45, 7) is 6.42. The van der Waals surface area contributed by atoms with E-state index >= 15 is 0 Å². The maximum Gasteiger partial charge on any atom is 0.302 e. The first-order valence-electron chi connectivity index (χ1n) is 6.27. The van der Waals surface area contributed by atoms with Gasteiger partial charge in [0, 0.05) is 6.92 Å². The van der Waals surface area contributed by atoms with E-state index in [1.807, 2.05) is 0 Å². The molecular formula is C12H26O7. The molecule has 0 bridgehead atoms. The van der Waals surface area contributed by atoms with E-state index in [1.165, 1.54) is 6.92 Å². The quantitative estimate of drug-likeness (QED) is 0.393. The van der Waals surface area contributed by atoms with Crippen LogP contribution in [0.2, 0.25) is 0 Å². The van der Waals surface area contributed by atoms with Crippen molar-refractivity contribution in [2.45, 2.75) is 13.8 Å². The lowest BCUT2D eigenvalue weighted by atomic mass is 10.7. The zero-order valence-corrected chi connectivity index (χ0v) is 11.8. The maximum absolute atomic E-state index is 9.82. The molecule has 0 saturated heterocycles. The molecule has 116 valence electrons. The molecule has 0 atom stereocenters. The van der Waals surface area contributed by atoms with E-state index < -0.39 is 0 Å². The zero-order valence-electron chi connectivity index (χ0n) is 11.8. The minimum absolute atomic E-state index is 0.0413. The molecule has 2 N–H and O–H groups in total. The number of aliphatic hydroxyl groups is 2. The van der Waals surface area contributed by atoms with Crippen molar-refractivity contribution in [2.75, 3.05) is 59.5 Å². The van der Waals surface area contributed by atoms with Gasteiger partial charge in [0.1, 0.15) is 0 Å². The van der Waals surface area contributed by atoms with Gasteiger partial charge in [-0.2, -0.15) is 0 Å². The molecule has 0 rings (SSSR count). The molecule has 0 aliphatic carbocycles. The predicted octanol–water partition coefficient (Wildman–Crippen LogP) is -0.410. The highest BCUT2D eigenvalue weighted by Crippen LogP contribution is 1.80. The molecule has 19 heavy (non-hydrogen) atoms. The maximum atomic E-state index is 9.82. The van der Waals surface area contributed by atoms with Crippen LogP contribution >= 0.6 is 0 Å². The molecule has 0 aliphatic rings. The van der Waals surface area contributed by atoms with Gasteiger partial charge in [0.05, 0.1) is 59.5 Å². The van der Waals surface area contributed by atoms with Crippen LogP contribution in [0.5, 0.6) is 0 Å². The van der Waals surface area contributed by atoms with Crippen molar-refractivity contribution in [3.63, 3.8) is 0 Å². The van der Waals surface area contributed by atoms with Crippen LogP contribution in [0.4, 0.5) is 0 Å². The highest BCUT2D eigenvalue weighted by Gasteiger charge is 1.89. The van der Waals surface area contributed by atoms with E-state index in [0.717, 1.165) is 0 Å². The van der Waals surface area contributed by atoms with Crippen molar-refractivity contribution in [1.29, 1.82) is 0 Å². The fourth-order valence-corrected chi connectivity index (χ4v) is 0.874. The molecule has 0 fully saturated rings. The fraction of sp³-hybridized carbons (Fsp3) is 0.917. The molecule has 0 amide bonds. The first-order valence-corrected chi connectivity index (χ1v) is 6.27. The van der Waals surface area contributed by atoms with Gasteiger partial charge in [-0.1, -0.05) is 0 Å². The molecule has 0 aromatic rings. The van der Waals surface area contributed by atoms with Crippen LogP contribution in [0, 0.1) is 0 Å². The van der Waals surface area contributed by atoms with Crippen molar-refractivity contribution in [3.8, 4) is 0 Å². The summed E-state index contributed by atoms with van der Waals surface area (Å²) in [7, 11) is 0. The van der Waals surface area contributed by atoms with Gasteiger partial charge in [0.15, 0.2) is 0 Å². The standard InChI is InChI=1S/C8H18O5.C4H8O2/c9-1-3-11-5-7-13-8-6-12-4-2-10;1-3-6-4(2)5/h9-10H,1-8H2;3H2,1-2H3. The van der Waals surface area contributed by atoms with E-state index in [0.29, 0.717) is 46.2 Å². The first kappa shape index (κ1) is 20.6. The summed E-state index contributed by atoms with van der Waals surface area (Å²) in [5.74, 6) is -0.211. The van der Waals surface area contributed by atoms with E-state index in [9.17, 15) is 4.79 Å². The summed E-state index contributed by atoms with van der Waals surface area (Å²) in [5, 5.41) is 16.7. The molecule has 7 heteroatoms. The van der Waals surface area contributed by atoms with E-state index in [-0.39, 0.29) is 19.2 Å². The second-order valence-electron chi connectivity index (χ2n) is 3.21. The van der Waals surface area contributed by atoms with Gasteiger partial charge in [0.25, 0.3) is 0 Å². The van der Waals surface area contributed by atoms with Gasteiger partial charge in [-0.3, -0.25) is 4.79 Å². The monoisotopic (exact) mass is 282 g/mol. The van der Waals surface area contributed by atoms with Gasteiger partial charge >= 0.3 is 5.97 Å². The van der Waals surface area contributed by atoms with Crippen molar-refractivity contribution in [3.05, 3.63) is 0 Å². The average molecular weight is 282 g/mol. The van der Waals surface area contributed by atoms with Crippen molar-refractivity contribution < 1.29 is 34.0 Å². The van der Waals surface area contributed by atoms with Crippen LogP contribution in [0.3, 0.4) is 0 Å². The smallest absolute Gasteiger partial charge is 0.302 e. The van der Waals surface area contributed by atoms with Crippen molar-refractivity contribution in [2.24, 2.45) is 0 Å². The zero-order chi connectivity index (χ0) is 14.8. The Balaban J connectivity index is 0. The van der Waals surface area contributed by atoms with Crippen LogP contribution in [-0.2, 0) is 23.7 Å². The topological polar surface area (TPSA) is 94.5 Å². The van der Waals surface area contributed by atoms with Crippen LogP contribution in [-0.4, -0.2) is 75.6 Å². The Labute approximate surface area is 114 Å². The number of carbonyl (C=O) groups is 1. The molecule has 0 heterocycles. The van der Waals surface area contributed by atoms with E-state index in [2.05, 4.69) is 4.74 Å². The summed E-state index contributed by atoms with van der Waals surface area (Å²) in [6, 6.07) is 0. The van der Waals surface area contributed by atoms with E-state index in [4.69, 9.17) is 24.4 Å². The number of hydrogen-bond donors (Lipinski definition) is 2. The van der Waals surface area contributed by atoms with Gasteiger partial charge in [-0.25, -0.2) is 0 Å². The molecule has 0 saturated carbocycles. The SMILES string of the molecule is CCOC(C)=O.OCCOCCOCCOCCO. The summed E-state index contributed by atoms with van der Waals surface area (Å²) < 4.78 is 19.4. The third-order valence-electron chi connectivity index (χ3n) is 1.56. The molecule has 0 spiro atoms. The van der Waals surface area contributed by atoms with Crippen LogP contribution < -0.4 is 0 Å². The Kier molecular flexibility index (Phi) is 21.2. The molecular weight excluding hydrogens is 256 g/mol. The number of hydrogen-bond acceptors (Lipinski definition) is 7. The Morgan fingerprint density at radius 2 is 1.21 bits per heavy atom. The van der Waals surface area contributed by atoms with Crippen LogP contribution in [0.15, 0.2) is 0 Å². The fourth-order valence-electron chi connectivity index (χ4n) is 0.874. The lowest BCUT2D eigenvalue weighted by Gasteiger charge is -2.04. The minimum atomic E-state index is -0.211. The second kappa shape index (κ2) is 19.6. The Morgan fingerprint density at radius 3 is 1.42 bits per heavy atom. The summed E-state index contributed by atoms with van der Waals surface area (Å²) >= 11 is 0. The normalized spacial score (nSPS) is 9.68. The summed E-state index contributed by atoms with van der Waals surface area (Å²) in [6.07, 6.45) is 0. The third-order valence-corrected chi connectivity index (χ3v) is 1.56. The minimum Gasteiger partial charge on any atom is -0.466 e. The second-order valence-corrected chi connectivity index (χ2v) is 3.21.